The van der Waals surface area contributed by atoms with Crippen LogP contribution in [0.15, 0.2) is 24.3 Å². The molecule has 1 saturated carbocycles. The first-order valence-corrected chi connectivity index (χ1v) is 5.39. The first kappa shape index (κ1) is 9.57. The monoisotopic (exact) mass is 190 g/mol. The fourth-order valence-corrected chi connectivity index (χ4v) is 2.69. The molecule has 0 aromatic heterocycles. The summed E-state index contributed by atoms with van der Waals surface area (Å²) in [7, 11) is 0. The van der Waals surface area contributed by atoms with Gasteiger partial charge in [-0.15, -0.1) is 0 Å². The summed E-state index contributed by atoms with van der Waals surface area (Å²) >= 11 is 0. The van der Waals surface area contributed by atoms with Crippen molar-refractivity contribution in [1.82, 2.24) is 0 Å². The van der Waals surface area contributed by atoms with Crippen molar-refractivity contribution >= 4 is 0 Å². The van der Waals surface area contributed by atoms with Crippen LogP contribution in [0.4, 0.5) is 0 Å². The number of para-hydroxylation sites is 1. The molecule has 1 aromatic carbocycles. The molecule has 1 aromatic rings. The lowest BCUT2D eigenvalue weighted by Crippen LogP contribution is -2.15. The smallest absolute Gasteiger partial charge is 0.119 e. The summed E-state index contributed by atoms with van der Waals surface area (Å²) in [4.78, 5) is 0. The van der Waals surface area contributed by atoms with E-state index in [0.717, 1.165) is 5.56 Å². The van der Waals surface area contributed by atoms with Gasteiger partial charge in [-0.2, -0.15) is 0 Å². The summed E-state index contributed by atoms with van der Waals surface area (Å²) in [5, 5.41) is 9.80. The maximum atomic E-state index is 9.80. The highest BCUT2D eigenvalue weighted by atomic mass is 16.3. The van der Waals surface area contributed by atoms with Gasteiger partial charge in [0.25, 0.3) is 0 Å². The highest BCUT2D eigenvalue weighted by molar-refractivity contribution is 5.36. The molecule has 0 bridgehead atoms. The Kier molecular flexibility index (Phi) is 2.26. The topological polar surface area (TPSA) is 20.2 Å². The molecule has 0 aliphatic heterocycles. The van der Waals surface area contributed by atoms with Crippen molar-refractivity contribution in [3.63, 3.8) is 0 Å². The molecule has 0 saturated heterocycles. The largest absolute Gasteiger partial charge is 0.508 e. The van der Waals surface area contributed by atoms with E-state index in [1.54, 1.807) is 6.07 Å². The van der Waals surface area contributed by atoms with Gasteiger partial charge in [-0.25, -0.2) is 0 Å². The highest BCUT2D eigenvalue weighted by Crippen LogP contribution is 2.50. The SMILES string of the molecule is CC1(C)CCCC1c1ccccc1O. The van der Waals surface area contributed by atoms with Crippen LogP contribution in [0.1, 0.15) is 44.6 Å². The fraction of sp³-hybridized carbons (Fsp3) is 0.538. The van der Waals surface area contributed by atoms with Crippen LogP contribution in [0.5, 0.6) is 5.75 Å². The van der Waals surface area contributed by atoms with E-state index in [1.165, 1.54) is 19.3 Å². The van der Waals surface area contributed by atoms with Gasteiger partial charge >= 0.3 is 0 Å². The Balaban J connectivity index is 2.36. The second-order valence-corrected chi connectivity index (χ2v) is 4.99. The number of hydrogen-bond donors (Lipinski definition) is 1. The third-order valence-electron chi connectivity index (χ3n) is 3.57. The predicted octanol–water partition coefficient (Wildman–Crippen LogP) is 3.69. The van der Waals surface area contributed by atoms with Crippen molar-refractivity contribution in [3.8, 4) is 5.75 Å². The first-order chi connectivity index (χ1) is 6.61. The van der Waals surface area contributed by atoms with Crippen molar-refractivity contribution < 1.29 is 5.11 Å². The minimum Gasteiger partial charge on any atom is -0.508 e. The van der Waals surface area contributed by atoms with Crippen molar-refractivity contribution in [3.05, 3.63) is 29.8 Å². The zero-order chi connectivity index (χ0) is 10.2. The maximum Gasteiger partial charge on any atom is 0.119 e. The standard InChI is InChI=1S/C13H18O/c1-13(2)9-5-7-11(13)10-6-3-4-8-12(10)14/h3-4,6,8,11,14H,5,7,9H2,1-2H3. The zero-order valence-corrected chi connectivity index (χ0v) is 8.96. The summed E-state index contributed by atoms with van der Waals surface area (Å²) in [5.74, 6) is 0.996. The molecule has 1 fully saturated rings. The van der Waals surface area contributed by atoms with Crippen LogP contribution >= 0.6 is 0 Å². The van der Waals surface area contributed by atoms with Gasteiger partial charge in [0, 0.05) is 0 Å². The Hall–Kier alpha value is -0.980. The van der Waals surface area contributed by atoms with Gasteiger partial charge in [-0.05, 0) is 35.8 Å². The van der Waals surface area contributed by atoms with E-state index >= 15 is 0 Å². The average molecular weight is 190 g/mol. The van der Waals surface area contributed by atoms with Crippen molar-refractivity contribution in [2.75, 3.05) is 0 Å². The van der Waals surface area contributed by atoms with Gasteiger partial charge in [0.15, 0.2) is 0 Å². The molecule has 1 aliphatic carbocycles. The number of phenolic OH excluding ortho intramolecular Hbond substituents is 1. The van der Waals surface area contributed by atoms with E-state index in [2.05, 4.69) is 19.9 Å². The second-order valence-electron chi connectivity index (χ2n) is 4.99. The van der Waals surface area contributed by atoms with Gasteiger partial charge in [-0.1, -0.05) is 38.5 Å². The van der Waals surface area contributed by atoms with Crippen molar-refractivity contribution in [1.29, 1.82) is 0 Å². The molecule has 0 spiro atoms. The van der Waals surface area contributed by atoms with Crippen LogP contribution in [-0.4, -0.2) is 5.11 Å². The lowest BCUT2D eigenvalue weighted by Gasteiger charge is -2.27. The summed E-state index contributed by atoms with van der Waals surface area (Å²) in [6, 6.07) is 7.76. The molecule has 14 heavy (non-hydrogen) atoms. The van der Waals surface area contributed by atoms with Crippen LogP contribution < -0.4 is 0 Å². The Bertz CT molecular complexity index is 328. The van der Waals surface area contributed by atoms with Crippen molar-refractivity contribution in [2.24, 2.45) is 5.41 Å². The molecular weight excluding hydrogens is 172 g/mol. The summed E-state index contributed by atoms with van der Waals surface area (Å²) in [6.45, 7) is 4.61. The molecule has 0 heterocycles. The first-order valence-electron chi connectivity index (χ1n) is 5.39. The summed E-state index contributed by atoms with van der Waals surface area (Å²) in [5.41, 5.74) is 1.48. The Morgan fingerprint density at radius 1 is 1.29 bits per heavy atom. The third-order valence-corrected chi connectivity index (χ3v) is 3.57. The molecule has 0 amide bonds. The number of rotatable bonds is 1. The van der Waals surface area contributed by atoms with Crippen LogP contribution in [-0.2, 0) is 0 Å². The van der Waals surface area contributed by atoms with E-state index in [0.29, 0.717) is 17.1 Å². The molecular formula is C13H18O. The number of hydrogen-bond acceptors (Lipinski definition) is 1. The second kappa shape index (κ2) is 3.30. The average Bonchev–Trinajstić information content (AvgIpc) is 2.46. The van der Waals surface area contributed by atoms with Crippen LogP contribution in [0.25, 0.3) is 0 Å². The van der Waals surface area contributed by atoms with Gasteiger partial charge in [0.05, 0.1) is 0 Å². The normalized spacial score (nSPS) is 25.1. The zero-order valence-electron chi connectivity index (χ0n) is 8.96. The molecule has 1 heteroatoms. The number of aromatic hydroxyl groups is 1. The molecule has 1 atom stereocenters. The van der Waals surface area contributed by atoms with Gasteiger partial charge < -0.3 is 5.11 Å². The number of phenols is 1. The van der Waals surface area contributed by atoms with Gasteiger partial charge in [-0.3, -0.25) is 0 Å². The van der Waals surface area contributed by atoms with Crippen LogP contribution in [0.2, 0.25) is 0 Å². The number of benzene rings is 1. The van der Waals surface area contributed by atoms with E-state index in [4.69, 9.17) is 0 Å². The fourth-order valence-electron chi connectivity index (χ4n) is 2.69. The molecule has 1 nitrogen and oxygen atoms in total. The van der Waals surface area contributed by atoms with Crippen LogP contribution in [0.3, 0.4) is 0 Å². The van der Waals surface area contributed by atoms with E-state index in [-0.39, 0.29) is 0 Å². The minimum absolute atomic E-state index is 0.346. The Morgan fingerprint density at radius 3 is 2.57 bits per heavy atom. The lowest BCUT2D eigenvalue weighted by atomic mass is 9.77. The molecule has 76 valence electrons. The molecule has 0 radical (unpaired) electrons. The summed E-state index contributed by atoms with van der Waals surface area (Å²) in [6.07, 6.45) is 3.77. The van der Waals surface area contributed by atoms with Crippen LogP contribution in [0, 0.1) is 5.41 Å². The maximum absolute atomic E-state index is 9.80. The molecule has 2 rings (SSSR count). The quantitative estimate of drug-likeness (QED) is 0.716. The molecule has 1 aliphatic rings. The molecule has 1 unspecified atom stereocenters. The van der Waals surface area contributed by atoms with Crippen molar-refractivity contribution in [2.45, 2.75) is 39.0 Å². The van der Waals surface area contributed by atoms with E-state index in [1.807, 2.05) is 12.1 Å². The lowest BCUT2D eigenvalue weighted by molar-refractivity contribution is 0.324. The van der Waals surface area contributed by atoms with E-state index < -0.39 is 0 Å². The highest BCUT2D eigenvalue weighted by Gasteiger charge is 2.36. The van der Waals surface area contributed by atoms with Gasteiger partial charge in [0.1, 0.15) is 5.75 Å². The molecule has 1 N–H and O–H groups in total. The van der Waals surface area contributed by atoms with E-state index in [9.17, 15) is 5.11 Å². The Labute approximate surface area is 85.8 Å². The summed E-state index contributed by atoms with van der Waals surface area (Å²) < 4.78 is 0. The predicted molar refractivity (Wildman–Crippen MR) is 58.5 cm³/mol. The Morgan fingerprint density at radius 2 is 2.00 bits per heavy atom. The third kappa shape index (κ3) is 1.52. The minimum atomic E-state index is 0.346. The van der Waals surface area contributed by atoms with Gasteiger partial charge in [0.2, 0.25) is 0 Å².